The summed E-state index contributed by atoms with van der Waals surface area (Å²) >= 11 is 0. The third kappa shape index (κ3) is 13.0. The van der Waals surface area contributed by atoms with Crippen molar-refractivity contribution in [3.63, 3.8) is 0 Å². The zero-order valence-corrected chi connectivity index (χ0v) is 14.1. The quantitative estimate of drug-likeness (QED) is 0.129. The number of nitrogens with one attached hydrogen (secondary N) is 2. The predicted octanol–water partition coefficient (Wildman–Crippen LogP) is -0.871. The van der Waals surface area contributed by atoms with Crippen molar-refractivity contribution in [2.24, 2.45) is 0 Å². The zero-order valence-electron chi connectivity index (χ0n) is 12.3. The lowest BCUT2D eigenvalue weighted by Crippen LogP contribution is -2.46. The normalized spacial score (nSPS) is 11.9. The van der Waals surface area contributed by atoms with Crippen molar-refractivity contribution in [1.29, 1.82) is 0 Å². The van der Waals surface area contributed by atoms with Crippen LogP contribution in [0.4, 0.5) is 4.79 Å². The molecule has 2 amide bonds. The summed E-state index contributed by atoms with van der Waals surface area (Å²) in [6, 6.07) is -2.34. The summed E-state index contributed by atoms with van der Waals surface area (Å²) in [6.45, 7) is 4.52. The third-order valence-corrected chi connectivity index (χ3v) is 4.05. The summed E-state index contributed by atoms with van der Waals surface area (Å²) in [5, 5.41) is 4.26. The highest BCUT2D eigenvalue weighted by Gasteiger charge is 2.29. The van der Waals surface area contributed by atoms with E-state index >= 15 is 0 Å². The van der Waals surface area contributed by atoms with Gasteiger partial charge in [0.1, 0.15) is 6.61 Å². The Morgan fingerprint density at radius 3 is 2.00 bits per heavy atom. The Morgan fingerprint density at radius 2 is 1.61 bits per heavy atom. The molecule has 0 rings (SSSR count). The van der Waals surface area contributed by atoms with Gasteiger partial charge >= 0.3 is 27.2 Å². The summed E-state index contributed by atoms with van der Waals surface area (Å²) in [6.07, 6.45) is -1.84. The van der Waals surface area contributed by atoms with Gasteiger partial charge in [0.15, 0.2) is 0 Å². The van der Waals surface area contributed by atoms with Crippen LogP contribution in [0.5, 0.6) is 0 Å². The van der Waals surface area contributed by atoms with Gasteiger partial charge in [-0.2, -0.15) is 0 Å². The van der Waals surface area contributed by atoms with E-state index in [0.29, 0.717) is 0 Å². The van der Waals surface area contributed by atoms with Crippen molar-refractivity contribution in [1.82, 2.24) is 10.6 Å². The van der Waals surface area contributed by atoms with E-state index in [0.717, 1.165) is 0 Å². The van der Waals surface area contributed by atoms with Crippen molar-refractivity contribution in [2.75, 3.05) is 25.5 Å². The van der Waals surface area contributed by atoms with Gasteiger partial charge in [0, 0.05) is 5.57 Å². The highest BCUT2D eigenvalue weighted by molar-refractivity contribution is 7.53. The largest absolute Gasteiger partial charge is 0.460 e. The minimum atomic E-state index is -4.58. The minimum absolute atomic E-state index is 0.108. The molecule has 0 bridgehead atoms. The van der Waals surface area contributed by atoms with Gasteiger partial charge in [-0.15, -0.1) is 0 Å². The molecule has 0 aliphatic carbocycles. The smallest absolute Gasteiger partial charge is 0.333 e. The molecule has 0 unspecified atom stereocenters. The molecule has 0 aromatic heterocycles. The number of hydrogen-bond acceptors (Lipinski definition) is 5. The molecule has 0 radical (unpaired) electrons. The number of amides is 2. The van der Waals surface area contributed by atoms with Gasteiger partial charge < -0.3 is 34.9 Å². The molecule has 0 aromatic carbocycles. The second-order valence-corrected chi connectivity index (χ2v) is 8.10. The topological polar surface area (TPSA) is 182 Å². The molecule has 0 aromatic rings. The number of urea groups is 1. The fraction of sp³-hybridized carbons (Fsp3) is 0.600. The molecule has 0 saturated carbocycles. The maximum absolute atomic E-state index is 11.5. The number of ether oxygens (including phenoxy) is 1. The van der Waals surface area contributed by atoms with Gasteiger partial charge in [0.2, 0.25) is 0 Å². The number of esters is 1. The van der Waals surface area contributed by atoms with Gasteiger partial charge in [0.05, 0.1) is 24.9 Å². The molecule has 0 aliphatic heterocycles. The lowest BCUT2D eigenvalue weighted by Gasteiger charge is -2.20. The fourth-order valence-electron chi connectivity index (χ4n) is 1.39. The molecule has 0 saturated heterocycles. The maximum atomic E-state index is 11.5. The standard InChI is InChI=1S/C10H20N2O9P2/c1-7(2)9(13)21-4-3-11-10(14)12-8(5-22(15,16)17)6-23(18,19)20/h8H,1,3-6H2,2H3,(H2,11,12,14)(H2,15,16,17)(H2,18,19,20). The molecule has 6 N–H and O–H groups in total. The van der Waals surface area contributed by atoms with Crippen LogP contribution in [0.3, 0.4) is 0 Å². The maximum Gasteiger partial charge on any atom is 0.333 e. The molecule has 0 heterocycles. The van der Waals surface area contributed by atoms with Crippen LogP contribution >= 0.6 is 15.2 Å². The van der Waals surface area contributed by atoms with Gasteiger partial charge in [-0.25, -0.2) is 9.59 Å². The zero-order chi connectivity index (χ0) is 18.3. The molecule has 0 fully saturated rings. The van der Waals surface area contributed by atoms with Crippen LogP contribution in [-0.2, 0) is 18.7 Å². The summed E-state index contributed by atoms with van der Waals surface area (Å²) in [4.78, 5) is 58.0. The van der Waals surface area contributed by atoms with Crippen molar-refractivity contribution < 1.29 is 43.0 Å². The number of carbonyl (C=O) groups excluding carboxylic acids is 2. The Morgan fingerprint density at radius 1 is 1.13 bits per heavy atom. The predicted molar refractivity (Wildman–Crippen MR) is 79.9 cm³/mol. The van der Waals surface area contributed by atoms with Crippen LogP contribution in [0, 0.1) is 0 Å². The van der Waals surface area contributed by atoms with Crippen molar-refractivity contribution in [3.05, 3.63) is 12.2 Å². The summed E-state index contributed by atoms with van der Waals surface area (Å²) in [7, 11) is -9.17. The van der Waals surface area contributed by atoms with E-state index in [1.807, 2.05) is 5.32 Å². The second-order valence-electron chi connectivity index (χ2n) is 4.71. The number of carbonyl (C=O) groups is 2. The van der Waals surface area contributed by atoms with Crippen LogP contribution in [0.25, 0.3) is 0 Å². The minimum Gasteiger partial charge on any atom is -0.460 e. The first-order chi connectivity index (χ1) is 10.3. The molecule has 0 atom stereocenters. The van der Waals surface area contributed by atoms with E-state index in [9.17, 15) is 18.7 Å². The Balaban J connectivity index is 4.38. The van der Waals surface area contributed by atoms with E-state index in [1.54, 1.807) is 0 Å². The summed E-state index contributed by atoms with van der Waals surface area (Å²) in [5.41, 5.74) is 0.179. The van der Waals surface area contributed by atoms with Gasteiger partial charge in [-0.3, -0.25) is 9.13 Å². The highest BCUT2D eigenvalue weighted by Crippen LogP contribution is 2.40. The fourth-order valence-corrected chi connectivity index (χ4v) is 3.18. The summed E-state index contributed by atoms with van der Waals surface area (Å²) in [5.74, 6) is -0.645. The van der Waals surface area contributed by atoms with Crippen molar-refractivity contribution >= 4 is 27.2 Å². The molecule has 0 spiro atoms. The first-order valence-corrected chi connectivity index (χ1v) is 9.86. The lowest BCUT2D eigenvalue weighted by molar-refractivity contribution is -0.138. The molecule has 11 nitrogen and oxygen atoms in total. The Labute approximate surface area is 132 Å². The van der Waals surface area contributed by atoms with E-state index < -0.39 is 45.6 Å². The molecular weight excluding hydrogens is 354 g/mol. The monoisotopic (exact) mass is 374 g/mol. The molecule has 13 heteroatoms. The Hall–Kier alpha value is -1.22. The van der Waals surface area contributed by atoms with Crippen LogP contribution in [-0.4, -0.2) is 63.1 Å². The molecular formula is C10H20N2O9P2. The van der Waals surface area contributed by atoms with E-state index in [4.69, 9.17) is 24.3 Å². The van der Waals surface area contributed by atoms with Gasteiger partial charge in [0.25, 0.3) is 0 Å². The second kappa shape index (κ2) is 9.17. The van der Waals surface area contributed by atoms with Crippen molar-refractivity contribution in [2.45, 2.75) is 13.0 Å². The van der Waals surface area contributed by atoms with E-state index in [-0.39, 0.29) is 18.7 Å². The average Bonchev–Trinajstić information content (AvgIpc) is 2.29. The Bertz CT molecular complexity index is 514. The summed E-state index contributed by atoms with van der Waals surface area (Å²) < 4.78 is 26.5. The van der Waals surface area contributed by atoms with Crippen LogP contribution < -0.4 is 10.6 Å². The molecule has 23 heavy (non-hydrogen) atoms. The Kier molecular flexibility index (Phi) is 8.68. The number of rotatable bonds is 9. The number of hydrogen-bond donors (Lipinski definition) is 6. The van der Waals surface area contributed by atoms with Crippen molar-refractivity contribution in [3.8, 4) is 0 Å². The SMILES string of the molecule is C=C(C)C(=O)OCCNC(=O)NC(CP(=O)(O)O)CP(=O)(O)O. The highest BCUT2D eigenvalue weighted by atomic mass is 31.2. The lowest BCUT2D eigenvalue weighted by atomic mass is 10.4. The van der Waals surface area contributed by atoms with Crippen LogP contribution in [0.2, 0.25) is 0 Å². The van der Waals surface area contributed by atoms with Crippen LogP contribution in [0.1, 0.15) is 6.92 Å². The molecule has 0 aliphatic rings. The van der Waals surface area contributed by atoms with E-state index in [1.165, 1.54) is 6.92 Å². The molecule has 134 valence electrons. The van der Waals surface area contributed by atoms with Gasteiger partial charge in [-0.05, 0) is 6.92 Å². The average molecular weight is 374 g/mol. The van der Waals surface area contributed by atoms with E-state index in [2.05, 4.69) is 11.9 Å². The van der Waals surface area contributed by atoms with Crippen LogP contribution in [0.15, 0.2) is 12.2 Å². The van der Waals surface area contributed by atoms with Gasteiger partial charge in [-0.1, -0.05) is 6.58 Å². The third-order valence-electron chi connectivity index (χ3n) is 2.22. The first-order valence-electron chi connectivity index (χ1n) is 6.26. The first kappa shape index (κ1) is 21.8.